The quantitative estimate of drug-likeness (QED) is 0.683. The summed E-state index contributed by atoms with van der Waals surface area (Å²) < 4.78 is 27.0. The van der Waals surface area contributed by atoms with Crippen molar-refractivity contribution in [1.29, 1.82) is 0 Å². The summed E-state index contributed by atoms with van der Waals surface area (Å²) in [6.07, 6.45) is 1.35. The lowest BCUT2D eigenvalue weighted by Gasteiger charge is -2.12. The molecule has 27 heavy (non-hydrogen) atoms. The summed E-state index contributed by atoms with van der Waals surface area (Å²) in [6.45, 7) is 1.69. The highest BCUT2D eigenvalue weighted by Crippen LogP contribution is 2.31. The fraction of sp³-hybridized carbons (Fsp3) is 0.0500. The molecule has 1 aromatic heterocycles. The lowest BCUT2D eigenvalue weighted by molar-refractivity contribution is 0.0696. The van der Waals surface area contributed by atoms with Crippen LogP contribution < -0.4 is 5.73 Å². The summed E-state index contributed by atoms with van der Waals surface area (Å²) in [5.74, 6) is -3.55. The van der Waals surface area contributed by atoms with Crippen LogP contribution in [0.5, 0.6) is 0 Å². The maximum Gasteiger partial charge on any atom is 0.335 e. The normalized spacial score (nSPS) is 10.6. The molecule has 0 spiro atoms. The first kappa shape index (κ1) is 18.2. The van der Waals surface area contributed by atoms with Gasteiger partial charge in [0.15, 0.2) is 5.78 Å². The van der Waals surface area contributed by atoms with Gasteiger partial charge >= 0.3 is 5.97 Å². The van der Waals surface area contributed by atoms with Crippen LogP contribution in [0.4, 0.5) is 14.5 Å². The van der Waals surface area contributed by atoms with Gasteiger partial charge in [-0.2, -0.15) is 0 Å². The van der Waals surface area contributed by atoms with Gasteiger partial charge < -0.3 is 10.8 Å². The van der Waals surface area contributed by atoms with E-state index in [1.165, 1.54) is 24.4 Å². The van der Waals surface area contributed by atoms with E-state index in [0.29, 0.717) is 17.2 Å². The van der Waals surface area contributed by atoms with Crippen molar-refractivity contribution in [3.63, 3.8) is 0 Å². The van der Waals surface area contributed by atoms with Crippen molar-refractivity contribution in [2.24, 2.45) is 0 Å². The highest BCUT2D eigenvalue weighted by atomic mass is 19.1. The van der Waals surface area contributed by atoms with E-state index >= 15 is 0 Å². The Morgan fingerprint density at radius 2 is 1.78 bits per heavy atom. The van der Waals surface area contributed by atoms with Crippen molar-refractivity contribution in [3.8, 4) is 11.3 Å². The Balaban J connectivity index is 2.09. The molecule has 1 heterocycles. The number of benzene rings is 2. The Kier molecular flexibility index (Phi) is 4.68. The Hall–Kier alpha value is -3.61. The second-order valence-electron chi connectivity index (χ2n) is 5.91. The predicted molar refractivity (Wildman–Crippen MR) is 95.6 cm³/mol. The van der Waals surface area contributed by atoms with Crippen molar-refractivity contribution in [2.45, 2.75) is 6.92 Å². The molecule has 0 saturated carbocycles. The summed E-state index contributed by atoms with van der Waals surface area (Å²) in [5.41, 5.74) is 7.38. The fourth-order valence-corrected chi connectivity index (χ4v) is 2.77. The van der Waals surface area contributed by atoms with Crippen LogP contribution in [0.15, 0.2) is 48.7 Å². The van der Waals surface area contributed by atoms with Crippen molar-refractivity contribution in [1.82, 2.24) is 4.98 Å². The molecule has 0 aliphatic rings. The zero-order chi connectivity index (χ0) is 19.7. The number of carboxylic acids is 1. The molecular weight excluding hydrogens is 354 g/mol. The molecule has 3 aromatic rings. The number of nitrogen functional groups attached to an aromatic ring is 1. The number of hydrogen-bond acceptors (Lipinski definition) is 4. The number of anilines is 1. The molecule has 0 unspecified atom stereocenters. The number of aromatic nitrogens is 1. The predicted octanol–water partition coefficient (Wildman–Crippen LogP) is 3.85. The first-order chi connectivity index (χ1) is 12.8. The summed E-state index contributed by atoms with van der Waals surface area (Å²) in [5, 5.41) is 9.07. The number of carbonyl (C=O) groups is 2. The van der Waals surface area contributed by atoms with Crippen LogP contribution >= 0.6 is 0 Å². The largest absolute Gasteiger partial charge is 0.478 e. The number of nitrogens with zero attached hydrogens (tertiary/aromatic N) is 1. The number of nitrogens with two attached hydrogens (primary N) is 1. The number of aromatic carboxylic acids is 1. The molecule has 7 heteroatoms. The molecule has 0 aliphatic carbocycles. The van der Waals surface area contributed by atoms with Gasteiger partial charge in [-0.15, -0.1) is 0 Å². The fourth-order valence-electron chi connectivity index (χ4n) is 2.77. The lowest BCUT2D eigenvalue weighted by atomic mass is 9.96. The summed E-state index contributed by atoms with van der Waals surface area (Å²) in [6, 6.07) is 8.44. The molecule has 0 radical (unpaired) electrons. The number of aryl methyl sites for hydroxylation is 1. The van der Waals surface area contributed by atoms with Gasteiger partial charge in [-0.1, -0.05) is 6.07 Å². The molecule has 0 atom stereocenters. The van der Waals surface area contributed by atoms with Crippen LogP contribution in [0.2, 0.25) is 0 Å². The number of ketones is 1. The van der Waals surface area contributed by atoms with Gasteiger partial charge in [0.2, 0.25) is 0 Å². The molecule has 0 fully saturated rings. The van der Waals surface area contributed by atoms with E-state index in [4.69, 9.17) is 10.8 Å². The number of hydrogen-bond donors (Lipinski definition) is 2. The van der Waals surface area contributed by atoms with Crippen LogP contribution in [0.1, 0.15) is 31.8 Å². The van der Waals surface area contributed by atoms with Crippen LogP contribution in [-0.4, -0.2) is 21.8 Å². The molecule has 3 N–H and O–H groups in total. The van der Waals surface area contributed by atoms with E-state index in [1.807, 2.05) is 0 Å². The first-order valence-corrected chi connectivity index (χ1v) is 7.88. The van der Waals surface area contributed by atoms with Gasteiger partial charge in [0, 0.05) is 23.4 Å². The van der Waals surface area contributed by atoms with Gasteiger partial charge in [-0.25, -0.2) is 13.6 Å². The smallest absolute Gasteiger partial charge is 0.335 e. The maximum atomic E-state index is 14.0. The van der Waals surface area contributed by atoms with Crippen LogP contribution in [0.25, 0.3) is 11.3 Å². The van der Waals surface area contributed by atoms with E-state index in [1.54, 1.807) is 13.0 Å². The van der Waals surface area contributed by atoms with E-state index in [0.717, 1.165) is 12.1 Å². The molecule has 0 aliphatic heterocycles. The minimum atomic E-state index is -1.07. The number of halogens is 2. The average molecular weight is 368 g/mol. The second kappa shape index (κ2) is 6.95. The van der Waals surface area contributed by atoms with Gasteiger partial charge in [0.1, 0.15) is 11.6 Å². The Morgan fingerprint density at radius 1 is 1.04 bits per heavy atom. The molecule has 0 amide bonds. The number of carboxylic acid groups (broad SMARTS) is 1. The van der Waals surface area contributed by atoms with Gasteiger partial charge in [-0.3, -0.25) is 9.78 Å². The molecule has 136 valence electrons. The summed E-state index contributed by atoms with van der Waals surface area (Å²) >= 11 is 0. The van der Waals surface area contributed by atoms with E-state index in [2.05, 4.69) is 4.98 Å². The number of rotatable bonds is 4. The third-order valence-electron chi connectivity index (χ3n) is 4.14. The molecule has 2 aromatic carbocycles. The van der Waals surface area contributed by atoms with E-state index in [9.17, 15) is 18.4 Å². The molecule has 0 bridgehead atoms. The van der Waals surface area contributed by atoms with Gasteiger partial charge in [-0.05, 0) is 42.8 Å². The Labute approximate surface area is 153 Å². The van der Waals surface area contributed by atoms with Crippen molar-refractivity contribution >= 4 is 17.4 Å². The monoisotopic (exact) mass is 368 g/mol. The van der Waals surface area contributed by atoms with Crippen molar-refractivity contribution in [3.05, 3.63) is 82.5 Å². The number of carbonyl (C=O) groups excluding carboxylic acids is 1. The minimum Gasteiger partial charge on any atom is -0.478 e. The second-order valence-corrected chi connectivity index (χ2v) is 5.91. The molecular formula is C20H14F2N2O3. The highest BCUT2D eigenvalue weighted by Gasteiger charge is 2.20. The average Bonchev–Trinajstić information content (AvgIpc) is 2.61. The SMILES string of the molecule is Cc1cc(C(=O)O)ccc1-c1nccc(C(=O)c2ccc(F)cc2F)c1N. The third kappa shape index (κ3) is 3.39. The van der Waals surface area contributed by atoms with Gasteiger partial charge in [0.05, 0.1) is 22.5 Å². The van der Waals surface area contributed by atoms with Crippen molar-refractivity contribution in [2.75, 3.05) is 5.73 Å². The molecule has 0 saturated heterocycles. The molecule has 5 nitrogen and oxygen atoms in total. The zero-order valence-corrected chi connectivity index (χ0v) is 14.2. The highest BCUT2D eigenvalue weighted by molar-refractivity contribution is 6.13. The standard InChI is InChI=1S/C20H14F2N2O3/c1-10-8-11(20(26)27)2-4-13(10)18-17(23)15(6-7-24-18)19(25)14-5-3-12(21)9-16(14)22/h2-9H,23H2,1H3,(H,26,27). The van der Waals surface area contributed by atoms with Crippen LogP contribution in [0, 0.1) is 18.6 Å². The van der Waals surface area contributed by atoms with Crippen LogP contribution in [0.3, 0.4) is 0 Å². The van der Waals surface area contributed by atoms with Gasteiger partial charge in [0.25, 0.3) is 0 Å². The van der Waals surface area contributed by atoms with E-state index in [-0.39, 0.29) is 28.1 Å². The van der Waals surface area contributed by atoms with E-state index < -0.39 is 23.4 Å². The summed E-state index contributed by atoms with van der Waals surface area (Å²) in [7, 11) is 0. The molecule has 3 rings (SSSR count). The zero-order valence-electron chi connectivity index (χ0n) is 14.2. The Morgan fingerprint density at radius 3 is 2.41 bits per heavy atom. The third-order valence-corrected chi connectivity index (χ3v) is 4.14. The topological polar surface area (TPSA) is 93.3 Å². The minimum absolute atomic E-state index is 0.0206. The maximum absolute atomic E-state index is 14.0. The summed E-state index contributed by atoms with van der Waals surface area (Å²) in [4.78, 5) is 27.9. The first-order valence-electron chi connectivity index (χ1n) is 7.88. The lowest BCUT2D eigenvalue weighted by Crippen LogP contribution is -2.10. The number of pyridine rings is 1. The van der Waals surface area contributed by atoms with Crippen molar-refractivity contribution < 1.29 is 23.5 Å². The van der Waals surface area contributed by atoms with Crippen LogP contribution in [-0.2, 0) is 0 Å². The Bertz CT molecular complexity index is 1080.